The third-order valence-corrected chi connectivity index (χ3v) is 6.46. The Morgan fingerprint density at radius 1 is 1.28 bits per heavy atom. The normalized spacial score (nSPS) is 27.1. The number of hydrogen-bond donors (Lipinski definition) is 0. The molecule has 138 valence electrons. The van der Waals surface area contributed by atoms with Gasteiger partial charge in [0.2, 0.25) is 5.91 Å². The molecule has 6 heteroatoms. The van der Waals surface area contributed by atoms with Crippen molar-refractivity contribution in [2.45, 2.75) is 50.0 Å². The van der Waals surface area contributed by atoms with Crippen molar-refractivity contribution in [3.63, 3.8) is 0 Å². The molecule has 6 nitrogen and oxygen atoms in total. The molecule has 0 aromatic carbocycles. The quantitative estimate of drug-likeness (QED) is 0.834. The minimum atomic E-state index is 0.0855. The molecule has 1 saturated carbocycles. The molecule has 1 atom stereocenters. The zero-order valence-corrected chi connectivity index (χ0v) is 15.3. The highest BCUT2D eigenvalue weighted by atomic mass is 16.5. The molecule has 0 bridgehead atoms. The summed E-state index contributed by atoms with van der Waals surface area (Å²) in [6.07, 6.45) is 10.4. The van der Waals surface area contributed by atoms with E-state index in [2.05, 4.69) is 19.4 Å². The number of carbonyl (C=O) groups is 1. The maximum absolute atomic E-state index is 13.1. The van der Waals surface area contributed by atoms with Crippen LogP contribution in [0.15, 0.2) is 12.4 Å². The molecule has 4 rings (SSSR count). The van der Waals surface area contributed by atoms with Gasteiger partial charge in [-0.1, -0.05) is 12.8 Å². The minimum Gasteiger partial charge on any atom is -0.379 e. The van der Waals surface area contributed by atoms with Crippen LogP contribution >= 0.6 is 0 Å². The van der Waals surface area contributed by atoms with Gasteiger partial charge in [0.05, 0.1) is 13.2 Å². The van der Waals surface area contributed by atoms with Gasteiger partial charge >= 0.3 is 0 Å². The second-order valence-electron chi connectivity index (χ2n) is 7.93. The summed E-state index contributed by atoms with van der Waals surface area (Å²) in [6.45, 7) is 5.26. The molecule has 1 aromatic rings. The summed E-state index contributed by atoms with van der Waals surface area (Å²) in [4.78, 5) is 22.2. The van der Waals surface area contributed by atoms with Gasteiger partial charge in [0.1, 0.15) is 5.82 Å². The molecule has 25 heavy (non-hydrogen) atoms. The van der Waals surface area contributed by atoms with Crippen LogP contribution in [0.25, 0.3) is 0 Å². The Kier molecular flexibility index (Phi) is 4.82. The van der Waals surface area contributed by atoms with Crippen LogP contribution in [0, 0.1) is 0 Å². The number of likely N-dealkylation sites (tertiary alicyclic amines) is 1. The topological polar surface area (TPSA) is 50.6 Å². The zero-order chi connectivity index (χ0) is 17.3. The van der Waals surface area contributed by atoms with Crippen molar-refractivity contribution < 1.29 is 9.53 Å². The van der Waals surface area contributed by atoms with Gasteiger partial charge in [-0.15, -0.1) is 0 Å². The molecular weight excluding hydrogens is 316 g/mol. The lowest BCUT2D eigenvalue weighted by Gasteiger charge is -2.43. The fourth-order valence-electron chi connectivity index (χ4n) is 5.04. The Balaban J connectivity index is 1.41. The van der Waals surface area contributed by atoms with Gasteiger partial charge in [-0.05, 0) is 19.3 Å². The molecule has 3 aliphatic rings. The molecule has 1 unspecified atom stereocenters. The van der Waals surface area contributed by atoms with Crippen molar-refractivity contribution in [2.75, 3.05) is 39.4 Å². The standard InChI is InChI=1S/C19H30N4O2/c1-21-9-7-20-18(21)16-4-8-22(15-16)17(24)14-19(5-2-3-6-19)23-10-12-25-13-11-23/h7,9,16H,2-6,8,10-15H2,1H3. The molecular formula is C19H30N4O2. The third kappa shape index (κ3) is 3.34. The van der Waals surface area contributed by atoms with Crippen LogP contribution in [0.2, 0.25) is 0 Å². The third-order valence-electron chi connectivity index (χ3n) is 6.46. The van der Waals surface area contributed by atoms with E-state index in [1.54, 1.807) is 0 Å². The largest absolute Gasteiger partial charge is 0.379 e. The number of imidazole rings is 1. The number of morpholine rings is 1. The van der Waals surface area contributed by atoms with E-state index in [1.165, 1.54) is 12.8 Å². The first-order chi connectivity index (χ1) is 12.2. The van der Waals surface area contributed by atoms with Crippen molar-refractivity contribution in [3.8, 4) is 0 Å². The summed E-state index contributed by atoms with van der Waals surface area (Å²) in [5, 5.41) is 0. The van der Waals surface area contributed by atoms with Gasteiger partial charge in [-0.2, -0.15) is 0 Å². The average Bonchev–Trinajstić information content (AvgIpc) is 3.36. The van der Waals surface area contributed by atoms with Crippen LogP contribution < -0.4 is 0 Å². The molecule has 3 fully saturated rings. The first-order valence-corrected chi connectivity index (χ1v) is 9.76. The molecule has 0 N–H and O–H groups in total. The second-order valence-corrected chi connectivity index (χ2v) is 7.93. The summed E-state index contributed by atoms with van der Waals surface area (Å²) in [5.74, 6) is 1.83. The van der Waals surface area contributed by atoms with E-state index >= 15 is 0 Å². The molecule has 0 radical (unpaired) electrons. The van der Waals surface area contributed by atoms with Crippen molar-refractivity contribution in [1.82, 2.24) is 19.4 Å². The molecule has 3 heterocycles. The van der Waals surface area contributed by atoms with E-state index < -0.39 is 0 Å². The highest BCUT2D eigenvalue weighted by Crippen LogP contribution is 2.39. The van der Waals surface area contributed by atoms with Crippen LogP contribution in [-0.4, -0.2) is 70.2 Å². The zero-order valence-electron chi connectivity index (χ0n) is 15.3. The predicted molar refractivity (Wildman–Crippen MR) is 95.4 cm³/mol. The van der Waals surface area contributed by atoms with Crippen LogP contribution in [0.5, 0.6) is 0 Å². The smallest absolute Gasteiger partial charge is 0.224 e. The number of carbonyl (C=O) groups excluding carboxylic acids is 1. The van der Waals surface area contributed by atoms with Gasteiger partial charge in [-0.25, -0.2) is 4.98 Å². The molecule has 1 amide bonds. The molecule has 2 saturated heterocycles. The average molecular weight is 346 g/mol. The van der Waals surface area contributed by atoms with E-state index in [9.17, 15) is 4.79 Å². The maximum Gasteiger partial charge on any atom is 0.224 e. The summed E-state index contributed by atoms with van der Waals surface area (Å²) >= 11 is 0. The van der Waals surface area contributed by atoms with E-state index in [0.717, 1.165) is 64.5 Å². The number of aryl methyl sites for hydroxylation is 1. The molecule has 2 aliphatic heterocycles. The SMILES string of the molecule is Cn1ccnc1C1CCN(C(=O)CC2(N3CCOCC3)CCCC2)C1. The van der Waals surface area contributed by atoms with Gasteiger partial charge in [0.15, 0.2) is 0 Å². The van der Waals surface area contributed by atoms with Crippen LogP contribution in [0.1, 0.15) is 50.3 Å². The van der Waals surface area contributed by atoms with Crippen molar-refractivity contribution >= 4 is 5.91 Å². The van der Waals surface area contributed by atoms with Crippen molar-refractivity contribution in [2.24, 2.45) is 7.05 Å². The molecule has 1 aliphatic carbocycles. The fourth-order valence-corrected chi connectivity index (χ4v) is 5.04. The van der Waals surface area contributed by atoms with Crippen LogP contribution in [0.4, 0.5) is 0 Å². The highest BCUT2D eigenvalue weighted by Gasteiger charge is 2.43. The van der Waals surface area contributed by atoms with Gasteiger partial charge in [-0.3, -0.25) is 9.69 Å². The van der Waals surface area contributed by atoms with Gasteiger partial charge in [0, 0.05) is 63.5 Å². The Labute approximate surface area is 150 Å². The highest BCUT2D eigenvalue weighted by molar-refractivity contribution is 5.78. The van der Waals surface area contributed by atoms with Crippen LogP contribution in [-0.2, 0) is 16.6 Å². The summed E-state index contributed by atoms with van der Waals surface area (Å²) < 4.78 is 7.62. The molecule has 1 aromatic heterocycles. The van der Waals surface area contributed by atoms with Gasteiger partial charge < -0.3 is 14.2 Å². The van der Waals surface area contributed by atoms with Crippen molar-refractivity contribution in [1.29, 1.82) is 0 Å². The fraction of sp³-hybridized carbons (Fsp3) is 0.789. The lowest BCUT2D eigenvalue weighted by molar-refractivity contribution is -0.134. The summed E-state index contributed by atoms with van der Waals surface area (Å²) in [7, 11) is 2.04. The lowest BCUT2D eigenvalue weighted by Crippen LogP contribution is -2.54. The van der Waals surface area contributed by atoms with Gasteiger partial charge in [0.25, 0.3) is 0 Å². The summed E-state index contributed by atoms with van der Waals surface area (Å²) in [5.41, 5.74) is 0.0855. The summed E-state index contributed by atoms with van der Waals surface area (Å²) in [6, 6.07) is 0. The van der Waals surface area contributed by atoms with Crippen LogP contribution in [0.3, 0.4) is 0 Å². The number of rotatable bonds is 4. The number of aromatic nitrogens is 2. The maximum atomic E-state index is 13.1. The predicted octanol–water partition coefficient (Wildman–Crippen LogP) is 1.77. The van der Waals surface area contributed by atoms with E-state index in [4.69, 9.17) is 4.74 Å². The second kappa shape index (κ2) is 7.08. The first kappa shape index (κ1) is 17.0. The number of hydrogen-bond acceptors (Lipinski definition) is 4. The van der Waals surface area contributed by atoms with E-state index in [1.807, 2.05) is 19.4 Å². The first-order valence-electron chi connectivity index (χ1n) is 9.76. The number of nitrogens with zero attached hydrogens (tertiary/aromatic N) is 4. The van der Waals surface area contributed by atoms with E-state index in [-0.39, 0.29) is 5.54 Å². The van der Waals surface area contributed by atoms with E-state index in [0.29, 0.717) is 18.2 Å². The number of ether oxygens (including phenoxy) is 1. The Morgan fingerprint density at radius 3 is 2.72 bits per heavy atom. The Morgan fingerprint density at radius 2 is 2.04 bits per heavy atom. The monoisotopic (exact) mass is 346 g/mol. The Hall–Kier alpha value is -1.40. The van der Waals surface area contributed by atoms with Crippen molar-refractivity contribution in [3.05, 3.63) is 18.2 Å². The molecule has 0 spiro atoms. The lowest BCUT2D eigenvalue weighted by atomic mass is 9.89. The number of amides is 1. The minimum absolute atomic E-state index is 0.0855. The Bertz CT molecular complexity index is 602.